The number of anilines is 1. The van der Waals surface area contributed by atoms with E-state index in [9.17, 15) is 4.79 Å². The third-order valence-corrected chi connectivity index (χ3v) is 4.66. The van der Waals surface area contributed by atoms with E-state index in [-0.39, 0.29) is 12.3 Å². The van der Waals surface area contributed by atoms with Crippen molar-refractivity contribution in [3.05, 3.63) is 28.2 Å². The van der Waals surface area contributed by atoms with Crippen LogP contribution < -0.4 is 4.90 Å². The van der Waals surface area contributed by atoms with E-state index in [1.54, 1.807) is 0 Å². The smallest absolute Gasteiger partial charge is 0.303 e. The highest BCUT2D eigenvalue weighted by Gasteiger charge is 2.15. The predicted molar refractivity (Wildman–Crippen MR) is 85.5 cm³/mol. The fourth-order valence-corrected chi connectivity index (χ4v) is 3.37. The zero-order valence-corrected chi connectivity index (χ0v) is 13.5. The van der Waals surface area contributed by atoms with Crippen LogP contribution in [0.5, 0.6) is 0 Å². The third kappa shape index (κ3) is 3.98. The van der Waals surface area contributed by atoms with Crippen LogP contribution in [0.3, 0.4) is 0 Å². The molecule has 0 spiro atoms. The molecule has 0 radical (unpaired) electrons. The van der Waals surface area contributed by atoms with E-state index in [1.807, 2.05) is 0 Å². The first-order valence-corrected chi connectivity index (χ1v) is 8.13. The maximum absolute atomic E-state index is 10.6. The highest BCUT2D eigenvalue weighted by Crippen LogP contribution is 2.32. The van der Waals surface area contributed by atoms with Gasteiger partial charge in [0, 0.05) is 24.0 Å². The number of nitrogens with zero attached hydrogens (tertiary/aromatic N) is 1. The van der Waals surface area contributed by atoms with Gasteiger partial charge >= 0.3 is 5.97 Å². The standard InChI is InChI=1S/C16H22BrNO2/c1-12(5-8-16(19)20)13-6-7-15(14(17)11-13)18-9-3-2-4-10-18/h6-7,11-12H,2-5,8-10H2,1H3,(H,19,20). The molecule has 1 saturated heterocycles. The quantitative estimate of drug-likeness (QED) is 0.863. The number of benzene rings is 1. The van der Waals surface area contributed by atoms with Crippen molar-refractivity contribution in [3.63, 3.8) is 0 Å². The molecule has 0 amide bonds. The van der Waals surface area contributed by atoms with E-state index in [2.05, 4.69) is 46.0 Å². The third-order valence-electron chi connectivity index (χ3n) is 4.03. The molecule has 2 rings (SSSR count). The van der Waals surface area contributed by atoms with Crippen LogP contribution in [-0.2, 0) is 4.79 Å². The molecule has 0 aliphatic carbocycles. The maximum Gasteiger partial charge on any atom is 0.303 e. The molecule has 20 heavy (non-hydrogen) atoms. The highest BCUT2D eigenvalue weighted by molar-refractivity contribution is 9.10. The normalized spacial score (nSPS) is 17.0. The Morgan fingerprint density at radius 3 is 2.65 bits per heavy atom. The van der Waals surface area contributed by atoms with E-state index in [4.69, 9.17) is 5.11 Å². The number of carbonyl (C=O) groups is 1. The Morgan fingerprint density at radius 1 is 1.35 bits per heavy atom. The second-order valence-electron chi connectivity index (χ2n) is 5.59. The molecular weight excluding hydrogens is 318 g/mol. The summed E-state index contributed by atoms with van der Waals surface area (Å²) in [5.74, 6) is -0.446. The van der Waals surface area contributed by atoms with Crippen molar-refractivity contribution in [2.45, 2.75) is 44.9 Å². The summed E-state index contributed by atoms with van der Waals surface area (Å²) in [7, 11) is 0. The minimum Gasteiger partial charge on any atom is -0.481 e. The lowest BCUT2D eigenvalue weighted by Gasteiger charge is -2.30. The van der Waals surface area contributed by atoms with E-state index in [0.29, 0.717) is 6.42 Å². The van der Waals surface area contributed by atoms with Crippen molar-refractivity contribution in [2.75, 3.05) is 18.0 Å². The summed E-state index contributed by atoms with van der Waals surface area (Å²) in [6, 6.07) is 6.46. The number of halogens is 1. The summed E-state index contributed by atoms with van der Waals surface area (Å²) in [6.45, 7) is 4.35. The van der Waals surface area contributed by atoms with Crippen molar-refractivity contribution in [3.8, 4) is 0 Å². The molecule has 1 aliphatic heterocycles. The van der Waals surface area contributed by atoms with Crippen LogP contribution in [0.25, 0.3) is 0 Å². The molecule has 1 heterocycles. The van der Waals surface area contributed by atoms with E-state index in [1.165, 1.54) is 30.5 Å². The van der Waals surface area contributed by atoms with Crippen LogP contribution in [0.15, 0.2) is 22.7 Å². The van der Waals surface area contributed by atoms with Crippen LogP contribution in [0.4, 0.5) is 5.69 Å². The Hall–Kier alpha value is -1.03. The molecule has 1 atom stereocenters. The Kier molecular flexibility index (Phi) is 5.46. The number of hydrogen-bond donors (Lipinski definition) is 1. The molecule has 1 aromatic carbocycles. The second-order valence-corrected chi connectivity index (χ2v) is 6.45. The lowest BCUT2D eigenvalue weighted by atomic mass is 9.96. The minimum atomic E-state index is -0.721. The minimum absolute atomic E-state index is 0.229. The lowest BCUT2D eigenvalue weighted by molar-refractivity contribution is -0.137. The first-order valence-electron chi connectivity index (χ1n) is 7.34. The highest BCUT2D eigenvalue weighted by atomic mass is 79.9. The fraction of sp³-hybridized carbons (Fsp3) is 0.562. The Labute approximate surface area is 129 Å². The SMILES string of the molecule is CC(CCC(=O)O)c1ccc(N2CCCCC2)c(Br)c1. The van der Waals surface area contributed by atoms with Crippen molar-refractivity contribution in [2.24, 2.45) is 0 Å². The number of hydrogen-bond acceptors (Lipinski definition) is 2. The summed E-state index contributed by atoms with van der Waals surface area (Å²) in [4.78, 5) is 13.1. The Balaban J connectivity index is 2.06. The van der Waals surface area contributed by atoms with E-state index >= 15 is 0 Å². The molecule has 1 fully saturated rings. The molecule has 0 aromatic heterocycles. The van der Waals surface area contributed by atoms with Gasteiger partial charge in [0.05, 0.1) is 5.69 Å². The second kappa shape index (κ2) is 7.11. The summed E-state index contributed by atoms with van der Waals surface area (Å²) < 4.78 is 1.12. The average molecular weight is 340 g/mol. The van der Waals surface area contributed by atoms with Gasteiger partial charge in [0.25, 0.3) is 0 Å². The van der Waals surface area contributed by atoms with Crippen molar-refractivity contribution in [1.29, 1.82) is 0 Å². The van der Waals surface area contributed by atoms with E-state index < -0.39 is 5.97 Å². The Morgan fingerprint density at radius 2 is 2.05 bits per heavy atom. The van der Waals surface area contributed by atoms with Crippen LogP contribution in [0.1, 0.15) is 50.5 Å². The molecule has 0 saturated carbocycles. The number of piperidine rings is 1. The van der Waals surface area contributed by atoms with Crippen molar-refractivity contribution < 1.29 is 9.90 Å². The zero-order valence-electron chi connectivity index (χ0n) is 11.9. The first kappa shape index (κ1) is 15.4. The van der Waals surface area contributed by atoms with Gasteiger partial charge < -0.3 is 10.0 Å². The summed E-state index contributed by atoms with van der Waals surface area (Å²) in [5.41, 5.74) is 2.47. The number of rotatable bonds is 5. The topological polar surface area (TPSA) is 40.5 Å². The van der Waals surface area contributed by atoms with Gasteiger partial charge in [-0.3, -0.25) is 4.79 Å². The molecule has 1 aromatic rings. The first-order chi connectivity index (χ1) is 9.58. The summed E-state index contributed by atoms with van der Waals surface area (Å²) >= 11 is 3.67. The van der Waals surface area contributed by atoms with Gasteiger partial charge in [0.15, 0.2) is 0 Å². The van der Waals surface area contributed by atoms with Gasteiger partial charge in [-0.1, -0.05) is 13.0 Å². The van der Waals surface area contributed by atoms with Crippen molar-refractivity contribution in [1.82, 2.24) is 0 Å². The average Bonchev–Trinajstić information content (AvgIpc) is 2.45. The molecule has 0 bridgehead atoms. The molecular formula is C16H22BrNO2. The molecule has 3 nitrogen and oxygen atoms in total. The monoisotopic (exact) mass is 339 g/mol. The van der Waals surface area contributed by atoms with Crippen LogP contribution in [0.2, 0.25) is 0 Å². The molecule has 1 aliphatic rings. The molecule has 110 valence electrons. The van der Waals surface area contributed by atoms with Gasteiger partial charge in [-0.15, -0.1) is 0 Å². The zero-order chi connectivity index (χ0) is 14.5. The number of carboxylic acids is 1. The maximum atomic E-state index is 10.6. The lowest BCUT2D eigenvalue weighted by Crippen LogP contribution is -2.29. The van der Waals surface area contributed by atoms with Crippen LogP contribution in [0, 0.1) is 0 Å². The van der Waals surface area contributed by atoms with Gasteiger partial charge in [0.1, 0.15) is 0 Å². The molecule has 4 heteroatoms. The summed E-state index contributed by atoms with van der Waals surface area (Å²) in [6.07, 6.45) is 4.78. The predicted octanol–water partition coefficient (Wildman–Crippen LogP) is 4.41. The number of aliphatic carboxylic acids is 1. The van der Waals surface area contributed by atoms with Gasteiger partial charge in [-0.25, -0.2) is 0 Å². The Bertz CT molecular complexity index is 470. The van der Waals surface area contributed by atoms with Gasteiger partial charge in [0.2, 0.25) is 0 Å². The van der Waals surface area contributed by atoms with Crippen LogP contribution >= 0.6 is 15.9 Å². The largest absolute Gasteiger partial charge is 0.481 e. The van der Waals surface area contributed by atoms with E-state index in [0.717, 1.165) is 17.6 Å². The van der Waals surface area contributed by atoms with Gasteiger partial charge in [-0.05, 0) is 65.2 Å². The van der Waals surface area contributed by atoms with Crippen LogP contribution in [-0.4, -0.2) is 24.2 Å². The molecule has 1 unspecified atom stereocenters. The summed E-state index contributed by atoms with van der Waals surface area (Å²) in [5, 5.41) is 8.76. The fourth-order valence-electron chi connectivity index (χ4n) is 2.73. The molecule has 1 N–H and O–H groups in total. The van der Waals surface area contributed by atoms with Gasteiger partial charge in [-0.2, -0.15) is 0 Å². The number of carboxylic acid groups (broad SMARTS) is 1. The van der Waals surface area contributed by atoms with Crippen molar-refractivity contribution >= 4 is 27.6 Å².